The molecular weight excluding hydrogens is 398 g/mol. The molecule has 2 amide bonds. The minimum absolute atomic E-state index is 0.0338. The third kappa shape index (κ3) is 4.85. The molecule has 6 nitrogen and oxygen atoms in total. The van der Waals surface area contributed by atoms with Crippen LogP contribution in [0.3, 0.4) is 0 Å². The number of carbonyl (C=O) groups is 2. The molecule has 0 saturated carbocycles. The van der Waals surface area contributed by atoms with Crippen LogP contribution < -0.4 is 15.4 Å². The van der Waals surface area contributed by atoms with Crippen molar-refractivity contribution in [3.63, 3.8) is 0 Å². The van der Waals surface area contributed by atoms with Gasteiger partial charge in [0.15, 0.2) is 5.17 Å². The van der Waals surface area contributed by atoms with Crippen molar-refractivity contribution in [1.29, 1.82) is 0 Å². The van der Waals surface area contributed by atoms with Gasteiger partial charge >= 0.3 is 0 Å². The summed E-state index contributed by atoms with van der Waals surface area (Å²) in [6.45, 7) is 4.04. The molecule has 0 aromatic heterocycles. The van der Waals surface area contributed by atoms with Crippen LogP contribution in [0.25, 0.3) is 0 Å². The van der Waals surface area contributed by atoms with Crippen LogP contribution in [0.4, 0.5) is 11.4 Å². The summed E-state index contributed by atoms with van der Waals surface area (Å²) in [7, 11) is 1.52. The molecule has 146 valence electrons. The zero-order valence-electron chi connectivity index (χ0n) is 15.7. The van der Waals surface area contributed by atoms with Crippen LogP contribution >= 0.6 is 23.4 Å². The zero-order chi connectivity index (χ0) is 20.3. The lowest BCUT2D eigenvalue weighted by molar-refractivity contribution is -0.122. The number of methoxy groups -OCH3 is 1. The molecule has 0 aliphatic carbocycles. The van der Waals surface area contributed by atoms with Gasteiger partial charge in [-0.1, -0.05) is 29.4 Å². The van der Waals surface area contributed by atoms with Gasteiger partial charge in [-0.2, -0.15) is 0 Å². The van der Waals surface area contributed by atoms with Crippen molar-refractivity contribution in [2.75, 3.05) is 12.4 Å². The topological polar surface area (TPSA) is 79.8 Å². The van der Waals surface area contributed by atoms with E-state index in [-0.39, 0.29) is 18.2 Å². The Morgan fingerprint density at radius 3 is 2.71 bits per heavy atom. The number of aliphatic imine (C=N–C) groups is 1. The van der Waals surface area contributed by atoms with E-state index in [1.165, 1.54) is 24.4 Å². The first kappa shape index (κ1) is 20.2. The molecule has 8 heteroatoms. The fourth-order valence-electron chi connectivity index (χ4n) is 2.63. The summed E-state index contributed by atoms with van der Waals surface area (Å²) in [6, 6.07) is 10.8. The molecule has 2 N–H and O–H groups in total. The van der Waals surface area contributed by atoms with Gasteiger partial charge in [0, 0.05) is 12.1 Å². The summed E-state index contributed by atoms with van der Waals surface area (Å²) >= 11 is 7.32. The molecule has 1 aliphatic heterocycles. The van der Waals surface area contributed by atoms with Crippen molar-refractivity contribution in [1.82, 2.24) is 5.32 Å². The van der Waals surface area contributed by atoms with Gasteiger partial charge in [0.05, 0.1) is 17.8 Å². The Kier molecular flexibility index (Phi) is 6.26. The molecule has 1 saturated heterocycles. The van der Waals surface area contributed by atoms with E-state index in [2.05, 4.69) is 15.6 Å². The van der Waals surface area contributed by atoms with Gasteiger partial charge in [-0.05, 0) is 55.3 Å². The maximum atomic E-state index is 12.3. The van der Waals surface area contributed by atoms with Crippen molar-refractivity contribution < 1.29 is 14.3 Å². The van der Waals surface area contributed by atoms with Gasteiger partial charge in [-0.3, -0.25) is 9.59 Å². The second-order valence-corrected chi connectivity index (χ2v) is 7.98. The van der Waals surface area contributed by atoms with Crippen molar-refractivity contribution in [2.24, 2.45) is 4.99 Å². The second-order valence-electron chi connectivity index (χ2n) is 6.38. The second kappa shape index (κ2) is 8.67. The maximum absolute atomic E-state index is 12.3. The van der Waals surface area contributed by atoms with E-state index in [0.717, 1.165) is 11.3 Å². The molecular formula is C20H20ClN3O3S. The fraction of sp³-hybridized carbons (Fsp3) is 0.250. The Morgan fingerprint density at radius 2 is 2.04 bits per heavy atom. The minimum Gasteiger partial charge on any atom is -0.495 e. The van der Waals surface area contributed by atoms with Crippen LogP contribution in [-0.2, 0) is 9.59 Å². The molecule has 0 unspecified atom stereocenters. The number of anilines is 1. The number of rotatable bonds is 5. The number of nitrogens with zero attached hydrogens (tertiary/aromatic N) is 1. The number of thioether (sulfide) groups is 1. The Labute approximate surface area is 172 Å². The Hall–Kier alpha value is -2.51. The largest absolute Gasteiger partial charge is 0.495 e. The summed E-state index contributed by atoms with van der Waals surface area (Å²) < 4.78 is 5.09. The highest BCUT2D eigenvalue weighted by Crippen LogP contribution is 2.29. The number of hydrogen-bond donors (Lipinski definition) is 2. The number of ether oxygens (including phenoxy) is 1. The normalized spacial score (nSPS) is 17.5. The maximum Gasteiger partial charge on any atom is 0.240 e. The van der Waals surface area contributed by atoms with Crippen molar-refractivity contribution >= 4 is 51.7 Å². The van der Waals surface area contributed by atoms with E-state index in [1.807, 2.05) is 32.0 Å². The van der Waals surface area contributed by atoms with Gasteiger partial charge in [0.2, 0.25) is 11.8 Å². The highest BCUT2D eigenvalue weighted by molar-refractivity contribution is 8.15. The van der Waals surface area contributed by atoms with E-state index in [4.69, 9.17) is 16.3 Å². The predicted molar refractivity (Wildman–Crippen MR) is 114 cm³/mol. The number of aryl methyl sites for hydroxylation is 2. The van der Waals surface area contributed by atoms with Crippen LogP contribution in [-0.4, -0.2) is 29.3 Å². The van der Waals surface area contributed by atoms with Crippen molar-refractivity contribution in [3.05, 3.63) is 52.5 Å². The van der Waals surface area contributed by atoms with E-state index in [9.17, 15) is 9.59 Å². The highest BCUT2D eigenvalue weighted by atomic mass is 35.5. The number of amidine groups is 1. The summed E-state index contributed by atoms with van der Waals surface area (Å²) in [4.78, 5) is 29.0. The minimum atomic E-state index is -0.529. The predicted octanol–water partition coefficient (Wildman–Crippen LogP) is 4.21. The molecule has 2 aromatic carbocycles. The summed E-state index contributed by atoms with van der Waals surface area (Å²) in [5, 5.41) is 5.85. The van der Waals surface area contributed by atoms with Crippen molar-refractivity contribution in [3.8, 4) is 5.75 Å². The quantitative estimate of drug-likeness (QED) is 0.763. The molecule has 0 bridgehead atoms. The molecule has 2 aromatic rings. The van der Waals surface area contributed by atoms with E-state index in [1.54, 1.807) is 18.2 Å². The van der Waals surface area contributed by atoms with Gasteiger partial charge in [0.25, 0.3) is 0 Å². The van der Waals surface area contributed by atoms with Crippen molar-refractivity contribution in [2.45, 2.75) is 25.5 Å². The molecule has 1 heterocycles. The first-order valence-electron chi connectivity index (χ1n) is 8.62. The molecule has 1 atom stereocenters. The smallest absolute Gasteiger partial charge is 0.240 e. The molecule has 0 spiro atoms. The van der Waals surface area contributed by atoms with Crippen LogP contribution in [0, 0.1) is 13.8 Å². The van der Waals surface area contributed by atoms with E-state index < -0.39 is 5.25 Å². The Morgan fingerprint density at radius 1 is 1.25 bits per heavy atom. The molecule has 1 fully saturated rings. The van der Waals surface area contributed by atoms with Crippen LogP contribution in [0.2, 0.25) is 5.02 Å². The Balaban J connectivity index is 1.62. The van der Waals surface area contributed by atoms with E-state index >= 15 is 0 Å². The first-order valence-corrected chi connectivity index (χ1v) is 9.88. The third-order valence-corrected chi connectivity index (χ3v) is 5.68. The molecule has 1 aliphatic rings. The zero-order valence-corrected chi connectivity index (χ0v) is 17.3. The number of benzene rings is 2. The number of halogens is 1. The number of amides is 2. The first-order chi connectivity index (χ1) is 13.4. The summed E-state index contributed by atoms with van der Waals surface area (Å²) in [5.74, 6) is 0.0226. The van der Waals surface area contributed by atoms with Gasteiger partial charge in [0.1, 0.15) is 11.0 Å². The van der Waals surface area contributed by atoms with Gasteiger partial charge in [-0.25, -0.2) is 4.99 Å². The number of carbonyl (C=O) groups excluding carboxylic acids is 2. The number of hydrogen-bond acceptors (Lipinski definition) is 5. The summed E-state index contributed by atoms with van der Waals surface area (Å²) in [6.07, 6.45) is 0.0338. The molecule has 28 heavy (non-hydrogen) atoms. The lowest BCUT2D eigenvalue weighted by atomic mass is 10.1. The van der Waals surface area contributed by atoms with Gasteiger partial charge < -0.3 is 15.4 Å². The monoisotopic (exact) mass is 417 g/mol. The SMILES string of the molecule is COc1ccc(NC(=O)C[C@H]2SC(=Nc3ccc(C)c(C)c3)NC2=O)cc1Cl. The van der Waals surface area contributed by atoms with Crippen LogP contribution in [0.1, 0.15) is 17.5 Å². The summed E-state index contributed by atoms with van der Waals surface area (Å²) in [5.41, 5.74) is 3.62. The number of nitrogens with one attached hydrogen (secondary N) is 2. The lowest BCUT2D eigenvalue weighted by Gasteiger charge is -2.09. The molecule has 0 radical (unpaired) electrons. The standard InChI is InChI=1S/C20H20ClN3O3S/c1-11-4-5-13(8-12(11)2)23-20-24-19(26)17(28-20)10-18(25)22-14-6-7-16(27-3)15(21)9-14/h4-9,17H,10H2,1-3H3,(H,22,25)(H,23,24,26)/t17-/m1/s1. The average Bonchev–Trinajstić information content (AvgIpc) is 2.97. The fourth-order valence-corrected chi connectivity index (χ4v) is 3.87. The average molecular weight is 418 g/mol. The van der Waals surface area contributed by atoms with Crippen LogP contribution in [0.15, 0.2) is 41.4 Å². The van der Waals surface area contributed by atoms with Gasteiger partial charge in [-0.15, -0.1) is 0 Å². The van der Waals surface area contributed by atoms with Crippen LogP contribution in [0.5, 0.6) is 5.75 Å². The highest BCUT2D eigenvalue weighted by Gasteiger charge is 2.32. The third-order valence-electron chi connectivity index (χ3n) is 4.30. The van der Waals surface area contributed by atoms with E-state index in [0.29, 0.717) is 21.6 Å². The lowest BCUT2D eigenvalue weighted by Crippen LogP contribution is -2.28. The Bertz CT molecular complexity index is 962. The molecule has 3 rings (SSSR count).